The van der Waals surface area contributed by atoms with E-state index < -0.39 is 18.6 Å². The van der Waals surface area contributed by atoms with Gasteiger partial charge in [-0.3, -0.25) is 4.99 Å². The molecule has 0 fully saturated rings. The van der Waals surface area contributed by atoms with E-state index in [-0.39, 0.29) is 11.9 Å². The Labute approximate surface area is 132 Å². The van der Waals surface area contributed by atoms with E-state index in [1.54, 1.807) is 25.4 Å². The normalized spacial score (nSPS) is 20.3. The second-order valence-electron chi connectivity index (χ2n) is 5.46. The third-order valence-electron chi connectivity index (χ3n) is 3.45. The number of hydrogen-bond donors (Lipinski definition) is 1. The Morgan fingerprint density at radius 2 is 2.22 bits per heavy atom. The van der Waals surface area contributed by atoms with Crippen LogP contribution in [0.3, 0.4) is 0 Å². The monoisotopic (exact) mass is 328 g/mol. The summed E-state index contributed by atoms with van der Waals surface area (Å²) in [5.41, 5.74) is 2.98. The smallest absolute Gasteiger partial charge is 0.273 e. The third-order valence-corrected chi connectivity index (χ3v) is 3.45. The Hall–Kier alpha value is -2.19. The standard InChI is InChI=1S/C14H19F3N6/c1-3-23(8-14(2,17)12(15)16)13-20-6-9(7-21-13)11-19-5-4-10(18)22-11/h4-6,9,12H,3,7-8H2,1-2H3,(H2,18,19,22). The molecular formula is C14H19F3N6. The highest BCUT2D eigenvalue weighted by Crippen LogP contribution is 2.23. The summed E-state index contributed by atoms with van der Waals surface area (Å²) in [7, 11) is 0. The summed E-state index contributed by atoms with van der Waals surface area (Å²) in [6.45, 7) is 2.75. The van der Waals surface area contributed by atoms with Crippen molar-refractivity contribution < 1.29 is 13.2 Å². The van der Waals surface area contributed by atoms with Crippen molar-refractivity contribution in [3.05, 3.63) is 18.1 Å². The van der Waals surface area contributed by atoms with Gasteiger partial charge in [0.15, 0.2) is 5.67 Å². The Morgan fingerprint density at radius 1 is 1.48 bits per heavy atom. The third kappa shape index (κ3) is 4.17. The molecule has 1 aliphatic rings. The summed E-state index contributed by atoms with van der Waals surface area (Å²) in [6, 6.07) is 1.57. The Bertz CT molecular complexity index is 602. The summed E-state index contributed by atoms with van der Waals surface area (Å²) in [5, 5.41) is 0. The highest BCUT2D eigenvalue weighted by Gasteiger charge is 2.37. The Balaban J connectivity index is 2.07. The van der Waals surface area contributed by atoms with Crippen molar-refractivity contribution in [2.75, 3.05) is 25.4 Å². The molecule has 1 aliphatic heterocycles. The topological polar surface area (TPSA) is 79.8 Å². The van der Waals surface area contributed by atoms with E-state index in [0.717, 1.165) is 6.92 Å². The van der Waals surface area contributed by atoms with E-state index in [1.165, 1.54) is 4.90 Å². The fourth-order valence-electron chi connectivity index (χ4n) is 2.09. The summed E-state index contributed by atoms with van der Waals surface area (Å²) < 4.78 is 39.2. The number of aliphatic imine (C=N–C) groups is 2. The fraction of sp³-hybridized carbons (Fsp3) is 0.571. The number of nitrogen functional groups attached to an aromatic ring is 1. The van der Waals surface area contributed by atoms with E-state index in [1.807, 2.05) is 0 Å². The van der Waals surface area contributed by atoms with Gasteiger partial charge in [-0.15, -0.1) is 0 Å². The van der Waals surface area contributed by atoms with Gasteiger partial charge >= 0.3 is 0 Å². The molecule has 2 atom stereocenters. The zero-order valence-corrected chi connectivity index (χ0v) is 13.0. The van der Waals surface area contributed by atoms with Crippen molar-refractivity contribution in [2.24, 2.45) is 9.98 Å². The minimum absolute atomic E-state index is 0.233. The molecule has 126 valence electrons. The van der Waals surface area contributed by atoms with Crippen LogP contribution in [0.15, 0.2) is 22.2 Å². The lowest BCUT2D eigenvalue weighted by Crippen LogP contribution is -2.45. The molecule has 0 saturated carbocycles. The second-order valence-corrected chi connectivity index (χ2v) is 5.46. The first-order valence-corrected chi connectivity index (χ1v) is 7.22. The van der Waals surface area contributed by atoms with Crippen LogP contribution < -0.4 is 5.73 Å². The predicted octanol–water partition coefficient (Wildman–Crippen LogP) is 1.90. The number of hydrogen-bond acceptors (Lipinski definition) is 6. The van der Waals surface area contributed by atoms with Gasteiger partial charge in [-0.05, 0) is 19.9 Å². The molecule has 2 heterocycles. The molecule has 0 saturated heterocycles. The van der Waals surface area contributed by atoms with Crippen LogP contribution in [0.4, 0.5) is 19.0 Å². The summed E-state index contributed by atoms with van der Waals surface area (Å²) >= 11 is 0. The fourth-order valence-corrected chi connectivity index (χ4v) is 2.09. The molecule has 2 N–H and O–H groups in total. The predicted molar refractivity (Wildman–Crippen MR) is 82.7 cm³/mol. The van der Waals surface area contributed by atoms with Gasteiger partial charge in [-0.25, -0.2) is 28.1 Å². The first-order valence-electron chi connectivity index (χ1n) is 7.22. The van der Waals surface area contributed by atoms with Crippen LogP contribution >= 0.6 is 0 Å². The quantitative estimate of drug-likeness (QED) is 0.895. The van der Waals surface area contributed by atoms with Gasteiger partial charge < -0.3 is 10.6 Å². The van der Waals surface area contributed by atoms with Crippen molar-refractivity contribution in [3.8, 4) is 0 Å². The number of alkyl halides is 3. The van der Waals surface area contributed by atoms with Crippen LogP contribution in [-0.2, 0) is 0 Å². The molecule has 0 aromatic carbocycles. The van der Waals surface area contributed by atoms with Crippen molar-refractivity contribution in [2.45, 2.75) is 31.9 Å². The van der Waals surface area contributed by atoms with Gasteiger partial charge in [-0.2, -0.15) is 0 Å². The molecule has 9 heteroatoms. The van der Waals surface area contributed by atoms with Crippen molar-refractivity contribution >= 4 is 18.0 Å². The first-order chi connectivity index (χ1) is 10.8. The largest absolute Gasteiger partial charge is 0.384 e. The van der Waals surface area contributed by atoms with E-state index in [9.17, 15) is 13.2 Å². The summed E-state index contributed by atoms with van der Waals surface area (Å²) in [6.07, 6.45) is 0.0518. The minimum Gasteiger partial charge on any atom is -0.384 e. The molecule has 6 nitrogen and oxygen atoms in total. The van der Waals surface area contributed by atoms with Crippen molar-refractivity contribution in [3.63, 3.8) is 0 Å². The number of anilines is 1. The number of nitrogens with two attached hydrogens (primary N) is 1. The lowest BCUT2D eigenvalue weighted by Gasteiger charge is -2.30. The SMILES string of the molecule is CCN(CC(C)(F)C(F)F)C1=NCC(c2nccc(N)n2)C=N1. The molecule has 0 radical (unpaired) electrons. The second kappa shape index (κ2) is 6.93. The Morgan fingerprint density at radius 3 is 2.74 bits per heavy atom. The van der Waals surface area contributed by atoms with Gasteiger partial charge in [0, 0.05) is 19.0 Å². The zero-order valence-electron chi connectivity index (χ0n) is 13.0. The number of rotatable bonds is 5. The zero-order chi connectivity index (χ0) is 17.0. The number of aromatic nitrogens is 2. The lowest BCUT2D eigenvalue weighted by atomic mass is 10.1. The number of nitrogens with zero attached hydrogens (tertiary/aromatic N) is 5. The van der Waals surface area contributed by atoms with Crippen LogP contribution in [0.25, 0.3) is 0 Å². The van der Waals surface area contributed by atoms with E-state index in [0.29, 0.717) is 24.7 Å². The van der Waals surface area contributed by atoms with Gasteiger partial charge in [0.25, 0.3) is 6.43 Å². The highest BCUT2D eigenvalue weighted by molar-refractivity contribution is 5.91. The first kappa shape index (κ1) is 17.2. The van der Waals surface area contributed by atoms with E-state index in [2.05, 4.69) is 20.0 Å². The molecule has 0 amide bonds. The molecule has 0 spiro atoms. The van der Waals surface area contributed by atoms with Crippen LogP contribution in [0.1, 0.15) is 25.6 Å². The van der Waals surface area contributed by atoms with Gasteiger partial charge in [0.1, 0.15) is 11.6 Å². The molecule has 1 aromatic rings. The highest BCUT2D eigenvalue weighted by atomic mass is 19.3. The molecule has 2 unspecified atom stereocenters. The van der Waals surface area contributed by atoms with Crippen molar-refractivity contribution in [1.82, 2.24) is 14.9 Å². The van der Waals surface area contributed by atoms with Crippen LogP contribution in [-0.4, -0.2) is 58.8 Å². The maximum atomic E-state index is 13.9. The van der Waals surface area contributed by atoms with Gasteiger partial charge in [0.05, 0.1) is 19.0 Å². The minimum atomic E-state index is -3.07. The molecule has 2 rings (SSSR count). The molecule has 1 aromatic heterocycles. The average molecular weight is 328 g/mol. The molecule has 0 bridgehead atoms. The van der Waals surface area contributed by atoms with Crippen molar-refractivity contribution in [1.29, 1.82) is 0 Å². The summed E-state index contributed by atoms with van der Waals surface area (Å²) in [5.74, 6) is 0.825. The summed E-state index contributed by atoms with van der Waals surface area (Å²) in [4.78, 5) is 18.0. The van der Waals surface area contributed by atoms with Gasteiger partial charge in [-0.1, -0.05) is 0 Å². The van der Waals surface area contributed by atoms with E-state index in [4.69, 9.17) is 5.73 Å². The average Bonchev–Trinajstić information content (AvgIpc) is 2.52. The Kier molecular flexibility index (Phi) is 5.17. The molecule has 23 heavy (non-hydrogen) atoms. The van der Waals surface area contributed by atoms with Crippen LogP contribution in [0.2, 0.25) is 0 Å². The van der Waals surface area contributed by atoms with E-state index >= 15 is 0 Å². The maximum absolute atomic E-state index is 13.9. The number of guanidine groups is 1. The van der Waals surface area contributed by atoms with Crippen LogP contribution in [0, 0.1) is 0 Å². The molecular weight excluding hydrogens is 309 g/mol. The molecule has 0 aliphatic carbocycles. The lowest BCUT2D eigenvalue weighted by molar-refractivity contribution is -0.0327. The van der Waals surface area contributed by atoms with Crippen LogP contribution in [0.5, 0.6) is 0 Å². The van der Waals surface area contributed by atoms with Gasteiger partial charge in [0.2, 0.25) is 5.96 Å². The number of halogens is 3. The maximum Gasteiger partial charge on any atom is 0.273 e.